The molecular weight excluding hydrogens is 106 g/mol. The summed E-state index contributed by atoms with van der Waals surface area (Å²) in [5.74, 6) is 0. The van der Waals surface area contributed by atoms with E-state index in [1.165, 1.54) is 4.98 Å². The molecule has 0 amide bonds. The van der Waals surface area contributed by atoms with Gasteiger partial charge in [0.1, 0.15) is 0 Å². The van der Waals surface area contributed by atoms with Crippen LogP contribution in [-0.4, -0.2) is 17.4 Å². The zero-order chi connectivity index (χ0) is 3.41. The molecule has 0 unspecified atom stereocenters. The third kappa shape index (κ3) is 2.64. The molecule has 24 valence electrons. The van der Waals surface area contributed by atoms with Crippen molar-refractivity contribution >= 4 is 17.4 Å². The van der Waals surface area contributed by atoms with Gasteiger partial charge in [0.25, 0.3) is 0 Å². The standard InChI is InChI=1S/C2H5.CH3.Ga.H/c1-2;;;/h1H2,2H3;1H3;;/q;;+1;-1. The summed E-state index contributed by atoms with van der Waals surface area (Å²) in [6.45, 7) is 2.25. The smallest absolute Gasteiger partial charge is 1.00 e. The normalized spacial score (nSPS) is 5.50. The summed E-state index contributed by atoms with van der Waals surface area (Å²) in [5, 5.41) is 0. The zero-order valence-electron chi connectivity index (χ0n) is 4.28. The Kier molecular flexibility index (Phi) is 4.21. The molecule has 0 nitrogen and oxygen atoms in total. The minimum Gasteiger partial charge on any atom is -1.00 e. The van der Waals surface area contributed by atoms with E-state index in [-0.39, 0.29) is 1.43 Å². The molecule has 0 rings (SSSR count). The van der Waals surface area contributed by atoms with Gasteiger partial charge >= 0.3 is 34.8 Å². The van der Waals surface area contributed by atoms with E-state index in [1.54, 1.807) is 0 Å². The molecule has 0 aliphatic heterocycles. The third-order valence-electron chi connectivity index (χ3n) is 0.408. The first-order valence-electron chi connectivity index (χ1n) is 1.69. The monoisotopic (exact) mass is 114 g/mol. The van der Waals surface area contributed by atoms with Crippen molar-refractivity contribution in [2.24, 2.45) is 0 Å². The Bertz CT molecular complexity index is 8.85. The van der Waals surface area contributed by atoms with Crippen LogP contribution >= 0.6 is 0 Å². The Morgan fingerprint density at radius 1 is 2.00 bits per heavy atom. The quantitative estimate of drug-likeness (QED) is 0.451. The number of rotatable bonds is 1. The van der Waals surface area contributed by atoms with Gasteiger partial charge in [-0.3, -0.25) is 0 Å². The summed E-state index contributed by atoms with van der Waals surface area (Å²) in [4.78, 5) is 1.48. The molecule has 0 N–H and O–H groups in total. The molecular formula is C3H9Ga. The van der Waals surface area contributed by atoms with Crippen molar-refractivity contribution < 1.29 is 1.43 Å². The van der Waals surface area contributed by atoms with Gasteiger partial charge in [0.05, 0.1) is 0 Å². The molecule has 0 heterocycles. The van der Waals surface area contributed by atoms with Crippen molar-refractivity contribution in [3.63, 3.8) is 0 Å². The van der Waals surface area contributed by atoms with Crippen LogP contribution in [0, 0.1) is 0 Å². The van der Waals surface area contributed by atoms with Crippen LogP contribution < -0.4 is 0 Å². The second-order valence-corrected chi connectivity index (χ2v) is 4.24. The molecule has 0 spiro atoms. The SMILES string of the molecule is C[CH2][Ga+][CH3].[H-]. The van der Waals surface area contributed by atoms with Crippen LogP contribution in [-0.2, 0) is 0 Å². The van der Waals surface area contributed by atoms with Crippen LogP contribution in [0.15, 0.2) is 0 Å². The third-order valence-corrected chi connectivity index (χ3v) is 2.12. The Hall–Kier alpha value is 0.636. The maximum Gasteiger partial charge on any atom is -1.00 e. The summed E-state index contributed by atoms with van der Waals surface area (Å²) in [5.41, 5.74) is 2.34. The first-order chi connectivity index (χ1) is 1.91. The van der Waals surface area contributed by atoms with Gasteiger partial charge in [0, 0.05) is 0 Å². The molecule has 0 bridgehead atoms. The van der Waals surface area contributed by atoms with Crippen molar-refractivity contribution in [1.82, 2.24) is 0 Å². The summed E-state index contributed by atoms with van der Waals surface area (Å²) in [6, 6.07) is 0. The Morgan fingerprint density at radius 2 is 2.25 bits per heavy atom. The van der Waals surface area contributed by atoms with Gasteiger partial charge in [-0.1, -0.05) is 0 Å². The minimum atomic E-state index is 0. The molecule has 0 aromatic rings. The van der Waals surface area contributed by atoms with Crippen LogP contribution in [0.3, 0.4) is 0 Å². The van der Waals surface area contributed by atoms with Crippen LogP contribution in [0.25, 0.3) is 0 Å². The minimum absolute atomic E-state index is 0. The topological polar surface area (TPSA) is 0 Å². The Balaban J connectivity index is 0. The maximum atomic E-state index is 2.34. The van der Waals surface area contributed by atoms with Crippen LogP contribution in [0.5, 0.6) is 0 Å². The van der Waals surface area contributed by atoms with Crippen LogP contribution in [0.1, 0.15) is 8.35 Å². The molecule has 0 saturated heterocycles. The molecule has 0 radical (unpaired) electrons. The van der Waals surface area contributed by atoms with Crippen molar-refractivity contribution in [2.45, 2.75) is 17.4 Å². The first-order valence-corrected chi connectivity index (χ1v) is 5.83. The van der Waals surface area contributed by atoms with E-state index in [1.807, 2.05) is 0 Å². The molecule has 4 heavy (non-hydrogen) atoms. The molecule has 0 atom stereocenters. The van der Waals surface area contributed by atoms with Crippen molar-refractivity contribution in [2.75, 3.05) is 0 Å². The molecule has 1 heteroatoms. The van der Waals surface area contributed by atoms with Gasteiger partial charge in [-0.15, -0.1) is 0 Å². The average molecular weight is 115 g/mol. The van der Waals surface area contributed by atoms with Gasteiger partial charge in [-0.25, -0.2) is 0 Å². The molecule has 0 aliphatic rings. The fourth-order valence-electron chi connectivity index (χ4n) is 0. The number of hydrogen-bond acceptors (Lipinski definition) is 0. The van der Waals surface area contributed by atoms with Crippen molar-refractivity contribution in [3.05, 3.63) is 0 Å². The second-order valence-electron chi connectivity index (χ2n) is 0.816. The largest absolute Gasteiger partial charge is 1.00 e. The maximum absolute atomic E-state index is 2.34. The van der Waals surface area contributed by atoms with Crippen molar-refractivity contribution in [1.29, 1.82) is 0 Å². The summed E-state index contributed by atoms with van der Waals surface area (Å²) in [6.07, 6.45) is 0. The Morgan fingerprint density at radius 3 is 2.25 bits per heavy atom. The second kappa shape index (κ2) is 3.64. The fraction of sp³-hybridized carbons (Fsp3) is 1.00. The van der Waals surface area contributed by atoms with E-state index in [2.05, 4.69) is 12.4 Å². The van der Waals surface area contributed by atoms with E-state index in [0.29, 0.717) is 17.4 Å². The van der Waals surface area contributed by atoms with Gasteiger partial charge in [-0.2, -0.15) is 0 Å². The van der Waals surface area contributed by atoms with E-state index >= 15 is 0 Å². The van der Waals surface area contributed by atoms with Gasteiger partial charge in [0.15, 0.2) is 0 Å². The predicted molar refractivity (Wildman–Crippen MR) is 23.2 cm³/mol. The van der Waals surface area contributed by atoms with E-state index in [4.69, 9.17) is 0 Å². The summed E-state index contributed by atoms with van der Waals surface area (Å²) >= 11 is 0.312. The van der Waals surface area contributed by atoms with Crippen LogP contribution in [0.2, 0.25) is 10.5 Å². The van der Waals surface area contributed by atoms with Gasteiger partial charge in [0.2, 0.25) is 0 Å². The summed E-state index contributed by atoms with van der Waals surface area (Å²) < 4.78 is 0. The van der Waals surface area contributed by atoms with E-state index in [9.17, 15) is 0 Å². The average Bonchev–Trinajstić information content (AvgIpc) is 1.37. The first kappa shape index (κ1) is 4.64. The summed E-state index contributed by atoms with van der Waals surface area (Å²) in [7, 11) is 0. The fourth-order valence-corrected chi connectivity index (χ4v) is 0. The molecule has 0 aliphatic carbocycles. The van der Waals surface area contributed by atoms with Gasteiger partial charge < -0.3 is 1.43 Å². The van der Waals surface area contributed by atoms with E-state index < -0.39 is 0 Å². The molecule has 0 saturated carbocycles. The zero-order valence-corrected chi connectivity index (χ0v) is 5.71. The van der Waals surface area contributed by atoms with Crippen LogP contribution in [0.4, 0.5) is 0 Å². The molecule has 0 fully saturated rings. The van der Waals surface area contributed by atoms with E-state index in [0.717, 1.165) is 0 Å². The predicted octanol–water partition coefficient (Wildman–Crippen LogP) is 1.29. The van der Waals surface area contributed by atoms with Gasteiger partial charge in [-0.05, 0) is 0 Å². The number of hydrogen-bond donors (Lipinski definition) is 0. The van der Waals surface area contributed by atoms with Crippen molar-refractivity contribution in [3.8, 4) is 0 Å². The Labute approximate surface area is 36.9 Å². The molecule has 0 aromatic carbocycles. The molecule has 0 aromatic heterocycles.